The third-order valence-electron chi connectivity index (χ3n) is 5.19. The fourth-order valence-corrected chi connectivity index (χ4v) is 3.38. The van der Waals surface area contributed by atoms with Gasteiger partial charge in [-0.1, -0.05) is 64.3 Å². The maximum absolute atomic E-state index is 13.1. The molecule has 1 saturated heterocycles. The SMILES string of the molecule is CC.CCCCC(CNCCC)CNC(=O)CN1CCC(F)(F)CC1.Fc1ccccc1Cl. The van der Waals surface area contributed by atoms with Gasteiger partial charge >= 0.3 is 0 Å². The smallest absolute Gasteiger partial charge is 0.250 e. The fraction of sp³-hybridized carbons (Fsp3) is 0.720. The minimum Gasteiger partial charge on any atom is -0.355 e. The van der Waals surface area contributed by atoms with E-state index in [1.165, 1.54) is 12.1 Å². The predicted molar refractivity (Wildman–Crippen MR) is 133 cm³/mol. The highest BCUT2D eigenvalue weighted by Crippen LogP contribution is 2.27. The normalized spacial score (nSPS) is 16.0. The van der Waals surface area contributed by atoms with Crippen molar-refractivity contribution in [3.8, 4) is 0 Å². The molecule has 0 bridgehead atoms. The number of hydrogen-bond donors (Lipinski definition) is 2. The zero-order valence-corrected chi connectivity index (χ0v) is 21.5. The molecule has 0 saturated carbocycles. The van der Waals surface area contributed by atoms with Crippen LogP contribution in [0.15, 0.2) is 24.3 Å². The molecule has 1 aromatic rings. The van der Waals surface area contributed by atoms with Gasteiger partial charge in [-0.25, -0.2) is 13.2 Å². The standard InChI is InChI=1S/C17H33F2N3O.C6H4ClF.C2H6/c1-3-5-6-15(12-20-9-4-2)13-21-16(23)14-22-10-7-17(18,19)8-11-22;7-5-3-1-2-4-6(5)8;1-2/h15,20H,3-14H2,1-2H3,(H,21,23);1-4H;1-2H3. The number of unbranched alkanes of at least 4 members (excludes halogenated alkanes) is 1. The highest BCUT2D eigenvalue weighted by Gasteiger charge is 2.34. The Labute approximate surface area is 203 Å². The van der Waals surface area contributed by atoms with Crippen LogP contribution >= 0.6 is 11.6 Å². The molecule has 0 aromatic heterocycles. The van der Waals surface area contributed by atoms with Gasteiger partial charge in [0, 0.05) is 32.5 Å². The summed E-state index contributed by atoms with van der Waals surface area (Å²) in [6.07, 6.45) is 4.24. The monoisotopic (exact) mass is 493 g/mol. The lowest BCUT2D eigenvalue weighted by molar-refractivity contribution is -0.124. The number of rotatable bonds is 11. The lowest BCUT2D eigenvalue weighted by Crippen LogP contribution is -2.45. The van der Waals surface area contributed by atoms with Crippen molar-refractivity contribution in [1.29, 1.82) is 0 Å². The van der Waals surface area contributed by atoms with Crippen molar-refractivity contribution in [2.75, 3.05) is 39.3 Å². The largest absolute Gasteiger partial charge is 0.355 e. The molecule has 0 radical (unpaired) electrons. The van der Waals surface area contributed by atoms with Gasteiger partial charge in [-0.3, -0.25) is 9.69 Å². The van der Waals surface area contributed by atoms with Crippen molar-refractivity contribution < 1.29 is 18.0 Å². The van der Waals surface area contributed by atoms with Crippen LogP contribution in [0, 0.1) is 11.7 Å². The van der Waals surface area contributed by atoms with E-state index in [4.69, 9.17) is 11.6 Å². The highest BCUT2D eigenvalue weighted by atomic mass is 35.5. The van der Waals surface area contributed by atoms with Crippen LogP contribution in [0.2, 0.25) is 5.02 Å². The third-order valence-corrected chi connectivity index (χ3v) is 5.50. The molecule has 1 heterocycles. The Morgan fingerprint density at radius 1 is 1.12 bits per heavy atom. The maximum atomic E-state index is 13.1. The molecule has 1 aliphatic rings. The Morgan fingerprint density at radius 3 is 2.27 bits per heavy atom. The Kier molecular flexibility index (Phi) is 18.3. The van der Waals surface area contributed by atoms with Crippen molar-refractivity contribution in [3.63, 3.8) is 0 Å². The summed E-state index contributed by atoms with van der Waals surface area (Å²) in [5, 5.41) is 6.57. The van der Waals surface area contributed by atoms with Crippen molar-refractivity contribution in [2.24, 2.45) is 5.92 Å². The molecule has 2 rings (SSSR count). The predicted octanol–water partition coefficient (Wildman–Crippen LogP) is 6.15. The minimum absolute atomic E-state index is 0.0489. The summed E-state index contributed by atoms with van der Waals surface area (Å²) in [6, 6.07) is 6.12. The molecular formula is C25H43ClF3N3O. The molecule has 33 heavy (non-hydrogen) atoms. The first-order chi connectivity index (χ1) is 15.8. The van der Waals surface area contributed by atoms with Gasteiger partial charge in [0.2, 0.25) is 5.91 Å². The van der Waals surface area contributed by atoms with Gasteiger partial charge < -0.3 is 10.6 Å². The number of carbonyl (C=O) groups is 1. The number of hydrogen-bond acceptors (Lipinski definition) is 3. The lowest BCUT2D eigenvalue weighted by Gasteiger charge is -2.31. The van der Waals surface area contributed by atoms with Crippen LogP contribution in [0.4, 0.5) is 13.2 Å². The van der Waals surface area contributed by atoms with Crippen molar-refractivity contribution in [2.45, 2.75) is 72.1 Å². The second-order valence-electron chi connectivity index (χ2n) is 8.06. The number of alkyl halides is 2. The van der Waals surface area contributed by atoms with E-state index in [1.807, 2.05) is 18.7 Å². The average Bonchev–Trinajstić information content (AvgIpc) is 2.80. The molecule has 1 fully saturated rings. The van der Waals surface area contributed by atoms with Crippen LogP contribution in [0.25, 0.3) is 0 Å². The molecule has 1 aromatic carbocycles. The molecule has 1 atom stereocenters. The average molecular weight is 494 g/mol. The summed E-state index contributed by atoms with van der Waals surface area (Å²) < 4.78 is 38.4. The van der Waals surface area contributed by atoms with Gasteiger partial charge in [-0.2, -0.15) is 0 Å². The van der Waals surface area contributed by atoms with E-state index < -0.39 is 5.92 Å². The summed E-state index contributed by atoms with van der Waals surface area (Å²) in [7, 11) is 0. The lowest BCUT2D eigenvalue weighted by atomic mass is 10.0. The number of nitrogens with one attached hydrogen (secondary N) is 2. The van der Waals surface area contributed by atoms with E-state index in [0.717, 1.165) is 38.8 Å². The minimum atomic E-state index is -2.55. The first-order valence-electron chi connectivity index (χ1n) is 12.2. The molecule has 0 spiro atoms. The second kappa shape index (κ2) is 19.0. The van der Waals surface area contributed by atoms with Gasteiger partial charge in [-0.05, 0) is 44.0 Å². The molecule has 0 aliphatic carbocycles. The Morgan fingerprint density at radius 2 is 1.76 bits per heavy atom. The number of likely N-dealkylation sites (tertiary alicyclic amines) is 1. The number of benzene rings is 1. The maximum Gasteiger partial charge on any atom is 0.250 e. The molecule has 4 nitrogen and oxygen atoms in total. The van der Waals surface area contributed by atoms with Crippen LogP contribution in [-0.2, 0) is 4.79 Å². The van der Waals surface area contributed by atoms with Crippen LogP contribution in [0.3, 0.4) is 0 Å². The summed E-state index contributed by atoms with van der Waals surface area (Å²) in [4.78, 5) is 13.8. The third kappa shape index (κ3) is 16.0. The summed E-state index contributed by atoms with van der Waals surface area (Å²) >= 11 is 5.33. The van der Waals surface area contributed by atoms with E-state index in [9.17, 15) is 18.0 Å². The van der Waals surface area contributed by atoms with Crippen molar-refractivity contribution in [3.05, 3.63) is 35.1 Å². The molecule has 2 N–H and O–H groups in total. The molecular weight excluding hydrogens is 451 g/mol. The fourth-order valence-electron chi connectivity index (χ4n) is 3.25. The van der Waals surface area contributed by atoms with E-state index in [1.54, 1.807) is 12.1 Å². The number of amides is 1. The highest BCUT2D eigenvalue weighted by molar-refractivity contribution is 6.30. The zero-order chi connectivity index (χ0) is 25.1. The summed E-state index contributed by atoms with van der Waals surface area (Å²) in [6.45, 7) is 11.7. The van der Waals surface area contributed by atoms with Gasteiger partial charge in [-0.15, -0.1) is 0 Å². The number of nitrogens with zero attached hydrogens (tertiary/aromatic N) is 1. The van der Waals surface area contributed by atoms with E-state index in [0.29, 0.717) is 25.6 Å². The van der Waals surface area contributed by atoms with E-state index in [-0.39, 0.29) is 36.1 Å². The number of carbonyl (C=O) groups excluding carboxylic acids is 1. The Bertz CT molecular complexity index is 604. The van der Waals surface area contributed by atoms with Crippen LogP contribution in [0.1, 0.15) is 66.2 Å². The Hall–Kier alpha value is -1.31. The molecule has 192 valence electrons. The quantitative estimate of drug-likeness (QED) is 0.363. The van der Waals surface area contributed by atoms with Gasteiger partial charge in [0.1, 0.15) is 5.82 Å². The summed E-state index contributed by atoms with van der Waals surface area (Å²) in [5.41, 5.74) is 0. The Balaban J connectivity index is 0.000000849. The molecule has 8 heteroatoms. The first-order valence-corrected chi connectivity index (χ1v) is 12.6. The zero-order valence-electron chi connectivity index (χ0n) is 20.7. The van der Waals surface area contributed by atoms with Crippen LogP contribution < -0.4 is 10.6 Å². The van der Waals surface area contributed by atoms with Gasteiger partial charge in [0.25, 0.3) is 5.92 Å². The second-order valence-corrected chi connectivity index (χ2v) is 8.47. The molecule has 1 aliphatic heterocycles. The first kappa shape index (κ1) is 31.7. The van der Waals surface area contributed by atoms with Crippen molar-refractivity contribution >= 4 is 17.5 Å². The van der Waals surface area contributed by atoms with Crippen LogP contribution in [-0.4, -0.2) is 56.0 Å². The van der Waals surface area contributed by atoms with Crippen LogP contribution in [0.5, 0.6) is 0 Å². The van der Waals surface area contributed by atoms with Crippen molar-refractivity contribution in [1.82, 2.24) is 15.5 Å². The number of piperidine rings is 1. The van der Waals surface area contributed by atoms with Gasteiger partial charge in [0.05, 0.1) is 11.6 Å². The van der Waals surface area contributed by atoms with E-state index in [2.05, 4.69) is 24.5 Å². The molecule has 1 unspecified atom stereocenters. The summed E-state index contributed by atoms with van der Waals surface area (Å²) in [5.74, 6) is -2.53. The topological polar surface area (TPSA) is 44.4 Å². The molecule has 1 amide bonds. The van der Waals surface area contributed by atoms with E-state index >= 15 is 0 Å². The number of halogens is 4. The van der Waals surface area contributed by atoms with Gasteiger partial charge in [0.15, 0.2) is 0 Å².